The highest BCUT2D eigenvalue weighted by Gasteiger charge is 2.55. The molecule has 1 aromatic rings. The SMILES string of the molecule is COC1=C[C@H]2[C@H]3Cc4ccc(OC)c(OS(=O)(=O)O)c4[C@@]2(CCN3)CC1=O. The van der Waals surface area contributed by atoms with Gasteiger partial charge in [0.15, 0.2) is 23.0 Å². The van der Waals surface area contributed by atoms with Gasteiger partial charge in [-0.25, -0.2) is 0 Å². The van der Waals surface area contributed by atoms with Gasteiger partial charge in [-0.1, -0.05) is 6.07 Å². The highest BCUT2D eigenvalue weighted by atomic mass is 32.3. The number of benzene rings is 1. The zero-order valence-corrected chi connectivity index (χ0v) is 15.8. The number of allylic oxidation sites excluding steroid dienone is 1. The molecule has 146 valence electrons. The fraction of sp³-hybridized carbons (Fsp3) is 0.500. The first-order chi connectivity index (χ1) is 12.8. The van der Waals surface area contributed by atoms with Gasteiger partial charge in [-0.05, 0) is 37.1 Å². The minimum Gasteiger partial charge on any atom is -0.493 e. The number of carbonyl (C=O) groups excluding carboxylic acids is 1. The summed E-state index contributed by atoms with van der Waals surface area (Å²) in [6, 6.07) is 3.58. The molecule has 0 spiro atoms. The van der Waals surface area contributed by atoms with E-state index in [1.807, 2.05) is 12.1 Å². The summed E-state index contributed by atoms with van der Waals surface area (Å²) in [7, 11) is -1.89. The van der Waals surface area contributed by atoms with Crippen LogP contribution in [-0.2, 0) is 31.8 Å². The minimum atomic E-state index is -4.76. The molecule has 9 heteroatoms. The van der Waals surface area contributed by atoms with E-state index in [-0.39, 0.29) is 35.7 Å². The fourth-order valence-corrected chi connectivity index (χ4v) is 5.31. The molecule has 0 radical (unpaired) electrons. The van der Waals surface area contributed by atoms with Crippen LogP contribution in [0.15, 0.2) is 24.0 Å². The lowest BCUT2D eigenvalue weighted by Gasteiger charge is -2.54. The van der Waals surface area contributed by atoms with Crippen molar-refractivity contribution >= 4 is 16.2 Å². The van der Waals surface area contributed by atoms with Gasteiger partial charge in [0.05, 0.1) is 14.2 Å². The van der Waals surface area contributed by atoms with Crippen molar-refractivity contribution in [3.8, 4) is 11.5 Å². The molecule has 2 N–H and O–H groups in total. The van der Waals surface area contributed by atoms with Crippen molar-refractivity contribution < 1.29 is 31.4 Å². The first-order valence-electron chi connectivity index (χ1n) is 8.68. The van der Waals surface area contributed by atoms with Gasteiger partial charge in [0.1, 0.15) is 0 Å². The van der Waals surface area contributed by atoms with E-state index in [9.17, 15) is 17.8 Å². The maximum Gasteiger partial charge on any atom is 0.446 e. The number of ketones is 1. The number of Topliss-reactive ketones (excluding diaryl/α,β-unsaturated/α-hetero) is 1. The molecule has 0 aromatic heterocycles. The molecule has 0 unspecified atom stereocenters. The molecular formula is C18H21NO7S. The molecule has 0 saturated carbocycles. The van der Waals surface area contributed by atoms with Gasteiger partial charge < -0.3 is 19.0 Å². The number of piperidine rings is 1. The number of ether oxygens (including phenoxy) is 2. The van der Waals surface area contributed by atoms with Gasteiger partial charge in [0.2, 0.25) is 0 Å². The summed E-state index contributed by atoms with van der Waals surface area (Å²) in [6.07, 6.45) is 3.27. The van der Waals surface area contributed by atoms with Crippen molar-refractivity contribution in [2.45, 2.75) is 30.7 Å². The van der Waals surface area contributed by atoms with Crippen molar-refractivity contribution in [2.24, 2.45) is 5.92 Å². The normalized spacial score (nSPS) is 29.3. The predicted octanol–water partition coefficient (Wildman–Crippen LogP) is 1.15. The summed E-state index contributed by atoms with van der Waals surface area (Å²) >= 11 is 0. The summed E-state index contributed by atoms with van der Waals surface area (Å²) in [6.45, 7) is 0.687. The molecule has 8 nitrogen and oxygen atoms in total. The van der Waals surface area contributed by atoms with Crippen molar-refractivity contribution in [2.75, 3.05) is 20.8 Å². The van der Waals surface area contributed by atoms with Crippen LogP contribution in [0.3, 0.4) is 0 Å². The molecule has 1 aliphatic heterocycles. The van der Waals surface area contributed by atoms with Crippen LogP contribution in [0.25, 0.3) is 0 Å². The lowest BCUT2D eigenvalue weighted by molar-refractivity contribution is -0.121. The van der Waals surface area contributed by atoms with Crippen LogP contribution in [0.5, 0.6) is 11.5 Å². The van der Waals surface area contributed by atoms with E-state index in [1.54, 1.807) is 6.07 Å². The van der Waals surface area contributed by atoms with E-state index in [2.05, 4.69) is 5.32 Å². The van der Waals surface area contributed by atoms with Crippen LogP contribution in [0.2, 0.25) is 0 Å². The van der Waals surface area contributed by atoms with Crippen molar-refractivity contribution in [1.82, 2.24) is 5.32 Å². The maximum absolute atomic E-state index is 12.7. The average Bonchev–Trinajstić information content (AvgIpc) is 2.59. The van der Waals surface area contributed by atoms with Crippen LogP contribution in [-0.4, -0.2) is 45.6 Å². The molecule has 2 aliphatic carbocycles. The second-order valence-corrected chi connectivity index (χ2v) is 8.20. The topological polar surface area (TPSA) is 111 Å². The molecule has 1 fully saturated rings. The first kappa shape index (κ1) is 18.3. The maximum atomic E-state index is 12.7. The molecule has 4 rings (SSSR count). The standard InChI is InChI=1S/C18H21NO7S/c1-24-14-4-3-10-7-12-11-8-15(25-2)13(20)9-18(11,5-6-19-12)16(10)17(14)26-27(21,22)23/h3-4,8,11-12,19H,5-7,9H2,1-2H3,(H,21,22,23)/t11-,12+,18-/m0/s1. The quantitative estimate of drug-likeness (QED) is 0.731. The monoisotopic (exact) mass is 395 g/mol. The average molecular weight is 395 g/mol. The Morgan fingerprint density at radius 1 is 1.26 bits per heavy atom. The van der Waals surface area contributed by atoms with Crippen molar-refractivity contribution in [3.63, 3.8) is 0 Å². The third-order valence-electron chi connectivity index (χ3n) is 5.91. The van der Waals surface area contributed by atoms with Crippen molar-refractivity contribution in [3.05, 3.63) is 35.1 Å². The number of rotatable bonds is 4. The van der Waals surface area contributed by atoms with E-state index in [1.165, 1.54) is 14.2 Å². The Morgan fingerprint density at radius 3 is 2.70 bits per heavy atom. The summed E-state index contributed by atoms with van der Waals surface area (Å²) < 4.78 is 47.9. The Labute approximate surface area is 157 Å². The summed E-state index contributed by atoms with van der Waals surface area (Å²) in [5.74, 6) is 0.286. The first-order valence-corrected chi connectivity index (χ1v) is 10.1. The lowest BCUT2D eigenvalue weighted by atomic mass is 9.54. The summed E-state index contributed by atoms with van der Waals surface area (Å²) in [5.41, 5.74) is 0.865. The lowest BCUT2D eigenvalue weighted by Crippen LogP contribution is -2.60. The molecule has 3 atom stereocenters. The van der Waals surface area contributed by atoms with Crippen LogP contribution in [0.1, 0.15) is 24.0 Å². The van der Waals surface area contributed by atoms with Crippen LogP contribution in [0.4, 0.5) is 0 Å². The summed E-state index contributed by atoms with van der Waals surface area (Å²) in [5, 5.41) is 3.49. The van der Waals surface area contributed by atoms with Crippen LogP contribution < -0.4 is 14.2 Å². The van der Waals surface area contributed by atoms with E-state index < -0.39 is 15.8 Å². The molecule has 3 aliphatic rings. The van der Waals surface area contributed by atoms with Crippen LogP contribution in [0, 0.1) is 5.92 Å². The number of carbonyl (C=O) groups is 1. The van der Waals surface area contributed by atoms with Gasteiger partial charge in [0, 0.05) is 29.4 Å². The van der Waals surface area contributed by atoms with Gasteiger partial charge in [0.25, 0.3) is 0 Å². The molecule has 2 bridgehead atoms. The Kier molecular flexibility index (Phi) is 4.21. The molecular weight excluding hydrogens is 374 g/mol. The Morgan fingerprint density at radius 2 is 2.04 bits per heavy atom. The second kappa shape index (κ2) is 6.22. The molecule has 1 saturated heterocycles. The third-order valence-corrected chi connectivity index (χ3v) is 6.28. The zero-order valence-electron chi connectivity index (χ0n) is 15.0. The Hall–Kier alpha value is -2.10. The van der Waals surface area contributed by atoms with E-state index >= 15 is 0 Å². The predicted molar refractivity (Wildman–Crippen MR) is 95.2 cm³/mol. The molecule has 1 heterocycles. The Bertz CT molecular complexity index is 939. The van der Waals surface area contributed by atoms with Crippen molar-refractivity contribution in [1.29, 1.82) is 0 Å². The molecule has 1 aromatic carbocycles. The van der Waals surface area contributed by atoms with Gasteiger partial charge >= 0.3 is 10.4 Å². The highest BCUT2D eigenvalue weighted by molar-refractivity contribution is 7.81. The number of nitrogens with one attached hydrogen (secondary N) is 1. The largest absolute Gasteiger partial charge is 0.493 e. The second-order valence-electron chi connectivity index (χ2n) is 7.17. The smallest absolute Gasteiger partial charge is 0.446 e. The number of hydrogen-bond acceptors (Lipinski definition) is 7. The van der Waals surface area contributed by atoms with E-state index in [0.29, 0.717) is 30.7 Å². The van der Waals surface area contributed by atoms with Gasteiger partial charge in [-0.15, -0.1) is 0 Å². The molecule has 0 amide bonds. The zero-order chi connectivity index (χ0) is 19.4. The van der Waals surface area contributed by atoms with Gasteiger partial charge in [-0.2, -0.15) is 8.42 Å². The number of methoxy groups -OCH3 is 2. The summed E-state index contributed by atoms with van der Waals surface area (Å²) in [4.78, 5) is 12.7. The number of hydrogen-bond donors (Lipinski definition) is 2. The fourth-order valence-electron chi connectivity index (χ4n) is 4.94. The van der Waals surface area contributed by atoms with E-state index in [0.717, 1.165) is 5.56 Å². The number of fused-ring (bicyclic) bond motifs is 1. The Balaban J connectivity index is 1.99. The molecule has 27 heavy (non-hydrogen) atoms. The van der Waals surface area contributed by atoms with Gasteiger partial charge in [-0.3, -0.25) is 9.35 Å². The third kappa shape index (κ3) is 2.81. The van der Waals surface area contributed by atoms with Crippen LogP contribution >= 0.6 is 0 Å². The highest BCUT2D eigenvalue weighted by Crippen LogP contribution is 2.56. The van der Waals surface area contributed by atoms with E-state index in [4.69, 9.17) is 13.7 Å². The minimum absolute atomic E-state index is 0.0371.